The zero-order valence-electron chi connectivity index (χ0n) is 8.44. The molecule has 2 rings (SSSR count). The number of aromatic nitrogens is 3. The molecule has 0 N–H and O–H groups in total. The van der Waals surface area contributed by atoms with Gasteiger partial charge in [-0.25, -0.2) is 0 Å². The van der Waals surface area contributed by atoms with Gasteiger partial charge in [0.1, 0.15) is 12.7 Å². The molecule has 1 aromatic rings. The van der Waals surface area contributed by atoms with Gasteiger partial charge in [0, 0.05) is 18.6 Å². The van der Waals surface area contributed by atoms with Gasteiger partial charge in [-0.05, 0) is 20.8 Å². The van der Waals surface area contributed by atoms with Crippen molar-refractivity contribution in [2.75, 3.05) is 13.1 Å². The molecule has 0 aromatic carbocycles. The average molecular weight is 180 g/mol. The predicted molar refractivity (Wildman–Crippen MR) is 50.4 cm³/mol. The Kier molecular flexibility index (Phi) is 1.87. The molecule has 1 aliphatic heterocycles. The molecule has 0 aliphatic carbocycles. The van der Waals surface area contributed by atoms with E-state index in [1.807, 2.05) is 0 Å². The van der Waals surface area contributed by atoms with Gasteiger partial charge in [-0.1, -0.05) is 0 Å². The van der Waals surface area contributed by atoms with Gasteiger partial charge in [0.25, 0.3) is 0 Å². The highest BCUT2D eigenvalue weighted by Gasteiger charge is 2.34. The summed E-state index contributed by atoms with van der Waals surface area (Å²) < 4.78 is 2.09. The Morgan fingerprint density at radius 2 is 1.69 bits per heavy atom. The molecule has 0 saturated carbocycles. The average Bonchev–Trinajstić information content (AvgIpc) is 2.31. The normalized spacial score (nSPS) is 20.2. The van der Waals surface area contributed by atoms with E-state index >= 15 is 0 Å². The molecule has 0 radical (unpaired) electrons. The molecule has 72 valence electrons. The Labute approximate surface area is 78.6 Å². The molecule has 0 atom stereocenters. The van der Waals surface area contributed by atoms with Crippen LogP contribution in [0.4, 0.5) is 0 Å². The van der Waals surface area contributed by atoms with Crippen LogP contribution in [0.1, 0.15) is 26.8 Å². The smallest absolute Gasteiger partial charge is 0.119 e. The van der Waals surface area contributed by atoms with Gasteiger partial charge in [0.2, 0.25) is 0 Å². The van der Waals surface area contributed by atoms with Crippen LogP contribution in [0.15, 0.2) is 12.7 Å². The summed E-state index contributed by atoms with van der Waals surface area (Å²) in [5.74, 6) is 0. The van der Waals surface area contributed by atoms with Crippen LogP contribution in [0, 0.1) is 0 Å². The second-order valence-corrected chi connectivity index (χ2v) is 4.64. The first-order valence-corrected chi connectivity index (χ1v) is 4.66. The van der Waals surface area contributed by atoms with Crippen molar-refractivity contribution in [2.45, 2.75) is 32.4 Å². The van der Waals surface area contributed by atoms with Gasteiger partial charge < -0.3 is 4.57 Å². The van der Waals surface area contributed by atoms with E-state index in [9.17, 15) is 0 Å². The first kappa shape index (κ1) is 8.69. The molecule has 0 spiro atoms. The van der Waals surface area contributed by atoms with E-state index < -0.39 is 0 Å². The lowest BCUT2D eigenvalue weighted by Crippen LogP contribution is -2.56. The molecule has 1 aromatic heterocycles. The molecular formula is C9H16N4. The SMILES string of the molecule is CC(C)(C)N1CC(n2cnnc2)C1. The molecule has 0 amide bonds. The zero-order chi connectivity index (χ0) is 9.47. The van der Waals surface area contributed by atoms with E-state index in [2.05, 4.69) is 40.4 Å². The summed E-state index contributed by atoms with van der Waals surface area (Å²) in [6.07, 6.45) is 3.59. The monoisotopic (exact) mass is 180 g/mol. The summed E-state index contributed by atoms with van der Waals surface area (Å²) >= 11 is 0. The number of hydrogen-bond donors (Lipinski definition) is 0. The number of likely N-dealkylation sites (tertiary alicyclic amines) is 1. The van der Waals surface area contributed by atoms with Crippen LogP contribution >= 0.6 is 0 Å². The lowest BCUT2D eigenvalue weighted by Gasteiger charge is -2.47. The molecule has 13 heavy (non-hydrogen) atoms. The molecule has 1 saturated heterocycles. The maximum absolute atomic E-state index is 3.81. The van der Waals surface area contributed by atoms with Gasteiger partial charge in [0.05, 0.1) is 6.04 Å². The largest absolute Gasteiger partial charge is 0.314 e. The van der Waals surface area contributed by atoms with Crippen molar-refractivity contribution in [3.8, 4) is 0 Å². The van der Waals surface area contributed by atoms with Crippen LogP contribution in [0.3, 0.4) is 0 Å². The molecular weight excluding hydrogens is 164 g/mol. The lowest BCUT2D eigenvalue weighted by atomic mass is 9.98. The van der Waals surface area contributed by atoms with E-state index in [1.54, 1.807) is 12.7 Å². The van der Waals surface area contributed by atoms with Crippen molar-refractivity contribution in [3.63, 3.8) is 0 Å². The molecule has 0 unspecified atom stereocenters. The molecule has 4 nitrogen and oxygen atoms in total. The third-order valence-electron chi connectivity index (χ3n) is 2.67. The fourth-order valence-corrected chi connectivity index (χ4v) is 1.59. The van der Waals surface area contributed by atoms with Crippen LogP contribution in [0.5, 0.6) is 0 Å². The molecule has 4 heteroatoms. The van der Waals surface area contributed by atoms with E-state index in [1.165, 1.54) is 0 Å². The number of hydrogen-bond acceptors (Lipinski definition) is 3. The van der Waals surface area contributed by atoms with Gasteiger partial charge >= 0.3 is 0 Å². The van der Waals surface area contributed by atoms with Crippen molar-refractivity contribution >= 4 is 0 Å². The third-order valence-corrected chi connectivity index (χ3v) is 2.67. The van der Waals surface area contributed by atoms with Crippen LogP contribution in [-0.2, 0) is 0 Å². The quantitative estimate of drug-likeness (QED) is 0.645. The minimum atomic E-state index is 0.296. The van der Waals surface area contributed by atoms with Crippen LogP contribution in [-0.4, -0.2) is 38.3 Å². The Morgan fingerprint density at radius 1 is 1.15 bits per heavy atom. The number of nitrogens with zero attached hydrogens (tertiary/aromatic N) is 4. The maximum atomic E-state index is 3.81. The summed E-state index contributed by atoms with van der Waals surface area (Å²) in [6, 6.07) is 0.578. The van der Waals surface area contributed by atoms with Crippen molar-refractivity contribution in [1.29, 1.82) is 0 Å². The van der Waals surface area contributed by atoms with Crippen molar-refractivity contribution < 1.29 is 0 Å². The second kappa shape index (κ2) is 2.80. The van der Waals surface area contributed by atoms with Crippen molar-refractivity contribution in [2.24, 2.45) is 0 Å². The highest BCUT2D eigenvalue weighted by atomic mass is 15.3. The maximum Gasteiger partial charge on any atom is 0.119 e. The summed E-state index contributed by atoms with van der Waals surface area (Å²) in [6.45, 7) is 8.96. The van der Waals surface area contributed by atoms with Crippen LogP contribution < -0.4 is 0 Å². The van der Waals surface area contributed by atoms with E-state index in [0.29, 0.717) is 11.6 Å². The fourth-order valence-electron chi connectivity index (χ4n) is 1.59. The predicted octanol–water partition coefficient (Wildman–Crippen LogP) is 0.933. The van der Waals surface area contributed by atoms with E-state index in [4.69, 9.17) is 0 Å². The van der Waals surface area contributed by atoms with Gasteiger partial charge in [-0.15, -0.1) is 10.2 Å². The summed E-state index contributed by atoms with van der Waals surface area (Å²) in [4.78, 5) is 2.46. The Hall–Kier alpha value is -0.900. The summed E-state index contributed by atoms with van der Waals surface area (Å²) in [5.41, 5.74) is 0.296. The van der Waals surface area contributed by atoms with E-state index in [-0.39, 0.29) is 0 Å². The first-order valence-electron chi connectivity index (χ1n) is 4.66. The van der Waals surface area contributed by atoms with Gasteiger partial charge in [0.15, 0.2) is 0 Å². The molecule has 2 heterocycles. The van der Waals surface area contributed by atoms with Gasteiger partial charge in [-0.3, -0.25) is 4.90 Å². The Morgan fingerprint density at radius 3 is 2.15 bits per heavy atom. The molecule has 0 bridgehead atoms. The minimum Gasteiger partial charge on any atom is -0.314 e. The fraction of sp³-hybridized carbons (Fsp3) is 0.778. The number of rotatable bonds is 1. The summed E-state index contributed by atoms with van der Waals surface area (Å²) in [5, 5.41) is 7.61. The lowest BCUT2D eigenvalue weighted by molar-refractivity contribution is 0.0202. The van der Waals surface area contributed by atoms with Crippen molar-refractivity contribution in [1.82, 2.24) is 19.7 Å². The standard InChI is InChI=1S/C9H16N4/c1-9(2,3)13-4-8(5-13)12-6-10-11-7-12/h6-8H,4-5H2,1-3H3. The second-order valence-electron chi connectivity index (χ2n) is 4.64. The minimum absolute atomic E-state index is 0.296. The topological polar surface area (TPSA) is 34.0 Å². The Balaban J connectivity index is 1.93. The third kappa shape index (κ3) is 1.58. The molecule has 1 aliphatic rings. The van der Waals surface area contributed by atoms with Gasteiger partial charge in [-0.2, -0.15) is 0 Å². The Bertz CT molecular complexity index is 266. The molecule has 1 fully saturated rings. The van der Waals surface area contributed by atoms with Crippen LogP contribution in [0.25, 0.3) is 0 Å². The highest BCUT2D eigenvalue weighted by Crippen LogP contribution is 2.27. The first-order chi connectivity index (χ1) is 6.07. The van der Waals surface area contributed by atoms with Crippen molar-refractivity contribution in [3.05, 3.63) is 12.7 Å². The highest BCUT2D eigenvalue weighted by molar-refractivity contribution is 4.92. The van der Waals surface area contributed by atoms with Crippen LogP contribution in [0.2, 0.25) is 0 Å². The summed E-state index contributed by atoms with van der Waals surface area (Å²) in [7, 11) is 0. The zero-order valence-corrected chi connectivity index (χ0v) is 8.44. The van der Waals surface area contributed by atoms with E-state index in [0.717, 1.165) is 13.1 Å².